The third-order valence-corrected chi connectivity index (χ3v) is 6.38. The maximum absolute atomic E-state index is 13.2. The molecule has 162 valence electrons. The molecular weight excluding hydrogens is 425 g/mol. The van der Waals surface area contributed by atoms with E-state index in [4.69, 9.17) is 11.5 Å². The standard InChI is InChI=1S/C21H21F3N6S/c22-21(23,24)17-15(7-4-10-27-17)31-19-18(25)29-16(13-28-19)30-11-8-20(26,9-12-30)14-5-2-1-3-6-14/h1-7,10,13H,8-9,11-12,26H2,(H2,25,29). The van der Waals surface area contributed by atoms with Crippen molar-refractivity contribution < 1.29 is 13.2 Å². The Hall–Kier alpha value is -2.85. The molecule has 0 amide bonds. The number of rotatable bonds is 4. The summed E-state index contributed by atoms with van der Waals surface area (Å²) in [6.45, 7) is 1.35. The molecule has 4 N–H and O–H groups in total. The van der Waals surface area contributed by atoms with E-state index in [-0.39, 0.29) is 15.7 Å². The normalized spacial score (nSPS) is 16.3. The molecule has 0 aliphatic carbocycles. The summed E-state index contributed by atoms with van der Waals surface area (Å²) in [4.78, 5) is 14.1. The molecular formula is C21H21F3N6S. The van der Waals surface area contributed by atoms with Crippen LogP contribution in [0.15, 0.2) is 64.8 Å². The summed E-state index contributed by atoms with van der Waals surface area (Å²) < 4.78 is 39.6. The van der Waals surface area contributed by atoms with Crippen LogP contribution in [-0.2, 0) is 11.7 Å². The molecule has 31 heavy (non-hydrogen) atoms. The van der Waals surface area contributed by atoms with Crippen molar-refractivity contribution in [2.75, 3.05) is 23.7 Å². The molecule has 0 radical (unpaired) electrons. The minimum Gasteiger partial charge on any atom is -0.381 e. The Kier molecular flexibility index (Phi) is 5.76. The number of hydrogen-bond acceptors (Lipinski definition) is 7. The first-order valence-electron chi connectivity index (χ1n) is 9.68. The van der Waals surface area contributed by atoms with Crippen molar-refractivity contribution in [3.8, 4) is 0 Å². The van der Waals surface area contributed by atoms with Crippen molar-refractivity contribution in [3.63, 3.8) is 0 Å². The first kappa shape index (κ1) is 21.4. The minimum absolute atomic E-state index is 0.0718. The lowest BCUT2D eigenvalue weighted by molar-refractivity contribution is -0.143. The quantitative estimate of drug-likeness (QED) is 0.624. The highest BCUT2D eigenvalue weighted by Gasteiger charge is 2.36. The van der Waals surface area contributed by atoms with E-state index in [2.05, 4.69) is 15.0 Å². The van der Waals surface area contributed by atoms with E-state index in [9.17, 15) is 13.2 Å². The fourth-order valence-electron chi connectivity index (χ4n) is 3.60. The van der Waals surface area contributed by atoms with Gasteiger partial charge in [0.25, 0.3) is 0 Å². The molecule has 1 fully saturated rings. The number of nitrogens with two attached hydrogens (primary N) is 2. The smallest absolute Gasteiger partial charge is 0.381 e. The van der Waals surface area contributed by atoms with Gasteiger partial charge in [-0.3, -0.25) is 4.98 Å². The van der Waals surface area contributed by atoms with Crippen LogP contribution in [0.4, 0.5) is 24.8 Å². The number of halogens is 3. The van der Waals surface area contributed by atoms with Gasteiger partial charge in [-0.1, -0.05) is 42.1 Å². The van der Waals surface area contributed by atoms with Crippen molar-refractivity contribution in [1.29, 1.82) is 0 Å². The van der Waals surface area contributed by atoms with Crippen LogP contribution in [0.25, 0.3) is 0 Å². The van der Waals surface area contributed by atoms with E-state index >= 15 is 0 Å². The number of nitrogens with zero attached hydrogens (tertiary/aromatic N) is 4. The molecule has 1 aliphatic rings. The Bertz CT molecular complexity index is 1050. The molecule has 1 saturated heterocycles. The zero-order chi connectivity index (χ0) is 22.1. The second-order valence-electron chi connectivity index (χ2n) is 7.38. The van der Waals surface area contributed by atoms with Crippen molar-refractivity contribution in [1.82, 2.24) is 15.0 Å². The number of aromatic nitrogens is 3. The molecule has 2 aromatic heterocycles. The Labute approximate surface area is 181 Å². The molecule has 0 unspecified atom stereocenters. The molecule has 3 aromatic rings. The van der Waals surface area contributed by atoms with Crippen LogP contribution in [0.5, 0.6) is 0 Å². The number of nitrogen functional groups attached to an aromatic ring is 1. The summed E-state index contributed by atoms with van der Waals surface area (Å²) in [5.41, 5.74) is 12.4. The van der Waals surface area contributed by atoms with Gasteiger partial charge < -0.3 is 16.4 Å². The highest BCUT2D eigenvalue weighted by atomic mass is 32.2. The fourth-order valence-corrected chi connectivity index (χ4v) is 4.47. The van der Waals surface area contributed by atoms with Gasteiger partial charge in [0.15, 0.2) is 11.5 Å². The zero-order valence-corrected chi connectivity index (χ0v) is 17.3. The number of alkyl halides is 3. The van der Waals surface area contributed by atoms with E-state index in [0.29, 0.717) is 18.9 Å². The zero-order valence-electron chi connectivity index (χ0n) is 16.5. The van der Waals surface area contributed by atoms with E-state index in [1.54, 1.807) is 0 Å². The largest absolute Gasteiger partial charge is 0.434 e. The van der Waals surface area contributed by atoms with Gasteiger partial charge >= 0.3 is 6.18 Å². The number of piperidine rings is 1. The maximum atomic E-state index is 13.2. The average molecular weight is 447 g/mol. The molecule has 0 spiro atoms. The van der Waals surface area contributed by atoms with Crippen LogP contribution in [0, 0.1) is 0 Å². The second-order valence-corrected chi connectivity index (χ2v) is 8.41. The molecule has 6 nitrogen and oxygen atoms in total. The van der Waals surface area contributed by atoms with E-state index in [0.717, 1.165) is 36.4 Å². The fraction of sp³-hybridized carbons (Fsp3) is 0.286. The Morgan fingerprint density at radius 3 is 2.35 bits per heavy atom. The highest BCUT2D eigenvalue weighted by Crippen LogP contribution is 2.39. The van der Waals surface area contributed by atoms with Crippen molar-refractivity contribution >= 4 is 23.4 Å². The molecule has 1 aliphatic heterocycles. The third kappa shape index (κ3) is 4.59. The molecule has 10 heteroatoms. The van der Waals surface area contributed by atoms with Crippen molar-refractivity contribution in [2.24, 2.45) is 5.73 Å². The Morgan fingerprint density at radius 2 is 1.71 bits per heavy atom. The number of pyridine rings is 1. The molecule has 0 bridgehead atoms. The van der Waals surface area contributed by atoms with Gasteiger partial charge in [0.1, 0.15) is 10.8 Å². The van der Waals surface area contributed by atoms with Crippen LogP contribution in [0.1, 0.15) is 24.1 Å². The summed E-state index contributed by atoms with van der Waals surface area (Å²) in [5.74, 6) is 0.659. The van der Waals surface area contributed by atoms with Crippen LogP contribution in [0.2, 0.25) is 0 Å². The summed E-state index contributed by atoms with van der Waals surface area (Å²) in [7, 11) is 0. The van der Waals surface area contributed by atoms with Gasteiger partial charge in [-0.15, -0.1) is 0 Å². The van der Waals surface area contributed by atoms with E-state index in [1.807, 2.05) is 35.2 Å². The predicted octanol–water partition coefficient (Wildman–Crippen LogP) is 4.08. The summed E-state index contributed by atoms with van der Waals surface area (Å²) in [6.07, 6.45) is -0.449. The van der Waals surface area contributed by atoms with Gasteiger partial charge in [0.05, 0.1) is 6.20 Å². The number of anilines is 2. The highest BCUT2D eigenvalue weighted by molar-refractivity contribution is 7.99. The van der Waals surface area contributed by atoms with Crippen LogP contribution < -0.4 is 16.4 Å². The predicted molar refractivity (Wildman–Crippen MR) is 114 cm³/mol. The first-order valence-corrected chi connectivity index (χ1v) is 10.5. The van der Waals surface area contributed by atoms with Gasteiger partial charge in [0, 0.05) is 29.7 Å². The Balaban J connectivity index is 1.48. The molecule has 3 heterocycles. The van der Waals surface area contributed by atoms with Crippen molar-refractivity contribution in [2.45, 2.75) is 34.5 Å². The summed E-state index contributed by atoms with van der Waals surface area (Å²) in [5, 5.41) is 0.205. The van der Waals surface area contributed by atoms with Gasteiger partial charge in [-0.2, -0.15) is 13.2 Å². The molecule has 0 saturated carbocycles. The van der Waals surface area contributed by atoms with Crippen molar-refractivity contribution in [3.05, 3.63) is 66.1 Å². The molecule has 4 rings (SSSR count). The summed E-state index contributed by atoms with van der Waals surface area (Å²) in [6, 6.07) is 12.8. The maximum Gasteiger partial charge on any atom is 0.434 e. The molecule has 1 aromatic carbocycles. The monoisotopic (exact) mass is 446 g/mol. The lowest BCUT2D eigenvalue weighted by Crippen LogP contribution is -2.48. The average Bonchev–Trinajstić information content (AvgIpc) is 2.76. The van der Waals surface area contributed by atoms with Gasteiger partial charge in [-0.25, -0.2) is 9.97 Å². The first-order chi connectivity index (χ1) is 14.8. The lowest BCUT2D eigenvalue weighted by Gasteiger charge is -2.40. The van der Waals surface area contributed by atoms with Crippen LogP contribution in [0.3, 0.4) is 0 Å². The Morgan fingerprint density at radius 1 is 1.00 bits per heavy atom. The van der Waals surface area contributed by atoms with E-state index < -0.39 is 17.4 Å². The van der Waals surface area contributed by atoms with Crippen LogP contribution in [-0.4, -0.2) is 28.0 Å². The number of benzene rings is 1. The SMILES string of the molecule is Nc1nc(N2CCC(N)(c3ccccc3)CC2)cnc1Sc1cccnc1C(F)(F)F. The third-order valence-electron chi connectivity index (χ3n) is 5.33. The van der Waals surface area contributed by atoms with Gasteiger partial charge in [-0.05, 0) is 30.5 Å². The molecule has 0 atom stereocenters. The second kappa shape index (κ2) is 8.35. The topological polar surface area (TPSA) is 94.0 Å². The lowest BCUT2D eigenvalue weighted by atomic mass is 9.82. The minimum atomic E-state index is -4.56. The summed E-state index contributed by atoms with van der Waals surface area (Å²) >= 11 is 0.800. The van der Waals surface area contributed by atoms with E-state index in [1.165, 1.54) is 18.3 Å². The number of hydrogen-bond donors (Lipinski definition) is 2. The van der Waals surface area contributed by atoms with Crippen LogP contribution >= 0.6 is 11.8 Å². The van der Waals surface area contributed by atoms with Gasteiger partial charge in [0.2, 0.25) is 0 Å².